The molecule has 1 aliphatic carbocycles. The molecule has 0 saturated heterocycles. The smallest absolute Gasteiger partial charge is 0.259 e. The summed E-state index contributed by atoms with van der Waals surface area (Å²) in [5.41, 5.74) is 6.62. The Labute approximate surface area is 209 Å². The molecular formula is C28H28FN3O4. The zero-order valence-electron chi connectivity index (χ0n) is 19.8. The van der Waals surface area contributed by atoms with E-state index < -0.39 is 5.91 Å². The van der Waals surface area contributed by atoms with Crippen LogP contribution in [0.25, 0.3) is 0 Å². The average molecular weight is 490 g/mol. The fourth-order valence-corrected chi connectivity index (χ4v) is 3.79. The van der Waals surface area contributed by atoms with E-state index in [-0.39, 0.29) is 24.9 Å². The number of rotatable bonds is 10. The lowest BCUT2D eigenvalue weighted by molar-refractivity contribution is -0.127. The van der Waals surface area contributed by atoms with Gasteiger partial charge < -0.3 is 14.8 Å². The second-order valence-electron chi connectivity index (χ2n) is 8.48. The summed E-state index contributed by atoms with van der Waals surface area (Å²) in [6.07, 6.45) is 6.00. The van der Waals surface area contributed by atoms with Gasteiger partial charge in [0.2, 0.25) is 0 Å². The molecule has 7 nitrogen and oxygen atoms in total. The van der Waals surface area contributed by atoms with Crippen molar-refractivity contribution in [3.63, 3.8) is 0 Å². The predicted octanol–water partition coefficient (Wildman–Crippen LogP) is 3.93. The molecule has 0 unspecified atom stereocenters. The van der Waals surface area contributed by atoms with Crippen molar-refractivity contribution in [3.05, 3.63) is 94.8 Å². The summed E-state index contributed by atoms with van der Waals surface area (Å²) < 4.78 is 24.2. The molecule has 186 valence electrons. The van der Waals surface area contributed by atoms with Crippen LogP contribution in [0, 0.1) is 5.82 Å². The third-order valence-electron chi connectivity index (χ3n) is 5.74. The Hall–Kier alpha value is -4.20. The van der Waals surface area contributed by atoms with Gasteiger partial charge >= 0.3 is 0 Å². The summed E-state index contributed by atoms with van der Waals surface area (Å²) in [5, 5.41) is 6.42. The average Bonchev–Trinajstić information content (AvgIpc) is 2.91. The summed E-state index contributed by atoms with van der Waals surface area (Å²) in [6.45, 7) is -0.0430. The van der Waals surface area contributed by atoms with Crippen LogP contribution in [0.2, 0.25) is 0 Å². The zero-order chi connectivity index (χ0) is 25.2. The van der Waals surface area contributed by atoms with E-state index in [4.69, 9.17) is 9.47 Å². The molecule has 0 aliphatic heterocycles. The second kappa shape index (κ2) is 12.5. The van der Waals surface area contributed by atoms with Gasteiger partial charge in [0.15, 0.2) is 6.61 Å². The first kappa shape index (κ1) is 24.9. The largest absolute Gasteiger partial charge is 0.489 e. The van der Waals surface area contributed by atoms with E-state index in [2.05, 4.69) is 21.9 Å². The number of carbonyl (C=O) groups excluding carboxylic acids is 2. The van der Waals surface area contributed by atoms with E-state index in [1.807, 2.05) is 12.1 Å². The van der Waals surface area contributed by atoms with Crippen LogP contribution in [0.3, 0.4) is 0 Å². The van der Waals surface area contributed by atoms with Gasteiger partial charge in [-0.15, -0.1) is 0 Å². The Morgan fingerprint density at radius 1 is 0.861 bits per heavy atom. The maximum Gasteiger partial charge on any atom is 0.259 e. The van der Waals surface area contributed by atoms with Gasteiger partial charge in [-0.05, 0) is 96.5 Å². The third-order valence-corrected chi connectivity index (χ3v) is 5.74. The minimum absolute atomic E-state index is 0.162. The molecule has 0 aromatic heterocycles. The van der Waals surface area contributed by atoms with Gasteiger partial charge in [-0.2, -0.15) is 5.10 Å². The highest BCUT2D eigenvalue weighted by Gasteiger charge is 2.11. The Morgan fingerprint density at radius 3 is 2.36 bits per heavy atom. The number of amides is 2. The molecule has 3 aromatic rings. The van der Waals surface area contributed by atoms with Crippen molar-refractivity contribution < 1.29 is 23.5 Å². The van der Waals surface area contributed by atoms with E-state index in [0.717, 1.165) is 24.0 Å². The number of hydrogen-bond acceptors (Lipinski definition) is 5. The normalized spacial score (nSPS) is 12.6. The molecule has 2 amide bonds. The quantitative estimate of drug-likeness (QED) is 0.334. The second-order valence-corrected chi connectivity index (χ2v) is 8.48. The van der Waals surface area contributed by atoms with Crippen molar-refractivity contribution in [1.29, 1.82) is 0 Å². The Morgan fingerprint density at radius 2 is 1.58 bits per heavy atom. The highest BCUT2D eigenvalue weighted by Crippen LogP contribution is 2.25. The number of ether oxygens (including phenoxy) is 2. The van der Waals surface area contributed by atoms with Crippen LogP contribution in [-0.2, 0) is 29.0 Å². The van der Waals surface area contributed by atoms with E-state index >= 15 is 0 Å². The van der Waals surface area contributed by atoms with Crippen LogP contribution in [0.1, 0.15) is 35.1 Å². The van der Waals surface area contributed by atoms with Gasteiger partial charge in [-0.3, -0.25) is 9.59 Å². The first-order valence-corrected chi connectivity index (χ1v) is 11.9. The zero-order valence-corrected chi connectivity index (χ0v) is 19.8. The molecule has 0 fully saturated rings. The van der Waals surface area contributed by atoms with Crippen molar-refractivity contribution in [2.24, 2.45) is 5.10 Å². The molecule has 0 bridgehead atoms. The summed E-state index contributed by atoms with van der Waals surface area (Å²) in [6, 6.07) is 19.2. The van der Waals surface area contributed by atoms with Crippen LogP contribution in [0.5, 0.6) is 11.5 Å². The molecule has 2 N–H and O–H groups in total. The highest BCUT2D eigenvalue weighted by atomic mass is 19.1. The molecule has 8 heteroatoms. The maximum atomic E-state index is 13.0. The number of halogens is 1. The summed E-state index contributed by atoms with van der Waals surface area (Å²) in [4.78, 5) is 24.0. The van der Waals surface area contributed by atoms with E-state index in [1.165, 1.54) is 42.3 Å². The van der Waals surface area contributed by atoms with Crippen LogP contribution in [0.4, 0.5) is 4.39 Å². The number of fused-ring (bicyclic) bond motifs is 1. The van der Waals surface area contributed by atoms with Crippen molar-refractivity contribution >= 4 is 18.0 Å². The fraction of sp³-hybridized carbons (Fsp3) is 0.250. The summed E-state index contributed by atoms with van der Waals surface area (Å²) >= 11 is 0. The minimum atomic E-state index is -0.451. The molecular weight excluding hydrogens is 461 g/mol. The molecule has 0 spiro atoms. The van der Waals surface area contributed by atoms with Crippen molar-refractivity contribution in [2.75, 3.05) is 13.2 Å². The minimum Gasteiger partial charge on any atom is -0.489 e. The molecule has 0 atom stereocenters. The van der Waals surface area contributed by atoms with Crippen molar-refractivity contribution in [1.82, 2.24) is 10.7 Å². The maximum absolute atomic E-state index is 13.0. The van der Waals surface area contributed by atoms with Gasteiger partial charge in [0.1, 0.15) is 23.9 Å². The van der Waals surface area contributed by atoms with Crippen LogP contribution >= 0.6 is 0 Å². The number of hydrazone groups is 1. The van der Waals surface area contributed by atoms with Crippen molar-refractivity contribution in [3.8, 4) is 11.5 Å². The summed E-state index contributed by atoms with van der Waals surface area (Å²) in [5.74, 6) is 0.190. The van der Waals surface area contributed by atoms with Crippen LogP contribution in [-0.4, -0.2) is 31.2 Å². The molecule has 3 aromatic carbocycles. The van der Waals surface area contributed by atoms with Gasteiger partial charge in [0.05, 0.1) is 12.8 Å². The fourth-order valence-electron chi connectivity index (χ4n) is 3.79. The van der Waals surface area contributed by atoms with E-state index in [9.17, 15) is 14.0 Å². The molecule has 36 heavy (non-hydrogen) atoms. The highest BCUT2D eigenvalue weighted by molar-refractivity contribution is 5.86. The standard InChI is InChI=1S/C28H28FN3O4/c29-24-10-5-21(6-11-24)18-35-25-12-7-20(8-13-25)16-31-32-27(33)17-30-28(34)19-36-26-14-9-22-3-1-2-4-23(22)15-26/h5-16H,1-4,17-19H2,(H,30,34)(H,32,33). The Bertz CT molecular complexity index is 1210. The number of benzene rings is 3. The SMILES string of the molecule is O=C(COc1ccc2c(c1)CCCC2)NCC(=O)NN=Cc1ccc(OCc2ccc(F)cc2)cc1. The van der Waals surface area contributed by atoms with Crippen LogP contribution < -0.4 is 20.2 Å². The number of nitrogens with zero attached hydrogens (tertiary/aromatic N) is 1. The first-order valence-electron chi connectivity index (χ1n) is 11.9. The van der Waals surface area contributed by atoms with Crippen LogP contribution in [0.15, 0.2) is 71.8 Å². The Kier molecular flexibility index (Phi) is 8.64. The third kappa shape index (κ3) is 7.66. The lowest BCUT2D eigenvalue weighted by Gasteiger charge is -2.16. The lowest BCUT2D eigenvalue weighted by atomic mass is 9.92. The van der Waals surface area contributed by atoms with Gasteiger partial charge in [-0.25, -0.2) is 9.82 Å². The van der Waals surface area contributed by atoms with Gasteiger partial charge in [0.25, 0.3) is 11.8 Å². The lowest BCUT2D eigenvalue weighted by Crippen LogP contribution is -2.37. The number of nitrogens with one attached hydrogen (secondary N) is 2. The van der Waals surface area contributed by atoms with Gasteiger partial charge in [0, 0.05) is 0 Å². The topological polar surface area (TPSA) is 89.0 Å². The Balaban J connectivity index is 1.13. The number of aryl methyl sites for hydroxylation is 2. The molecule has 0 heterocycles. The molecule has 0 radical (unpaired) electrons. The predicted molar refractivity (Wildman–Crippen MR) is 134 cm³/mol. The number of hydrogen-bond donors (Lipinski definition) is 2. The molecule has 0 saturated carbocycles. The molecule has 1 aliphatic rings. The van der Waals surface area contributed by atoms with Gasteiger partial charge in [-0.1, -0.05) is 18.2 Å². The number of carbonyl (C=O) groups is 2. The van der Waals surface area contributed by atoms with Crippen molar-refractivity contribution in [2.45, 2.75) is 32.3 Å². The monoisotopic (exact) mass is 489 g/mol. The first-order chi connectivity index (χ1) is 17.5. The summed E-state index contributed by atoms with van der Waals surface area (Å²) in [7, 11) is 0. The molecule has 4 rings (SSSR count). The van der Waals surface area contributed by atoms with E-state index in [1.54, 1.807) is 36.4 Å². The van der Waals surface area contributed by atoms with E-state index in [0.29, 0.717) is 18.1 Å².